The predicted octanol–water partition coefficient (Wildman–Crippen LogP) is 4.77. The molecule has 30 heavy (non-hydrogen) atoms. The Morgan fingerprint density at radius 3 is 1.67 bits per heavy atom. The normalized spacial score (nSPS) is 13.6. The smallest absolute Gasteiger partial charge is 0.375 e. The van der Waals surface area contributed by atoms with Crippen LogP contribution >= 0.6 is 0 Å². The molecule has 0 aliphatic carbocycles. The Morgan fingerprint density at radius 2 is 1.23 bits per heavy atom. The number of hydrogen-bond donors (Lipinski definition) is 2. The van der Waals surface area contributed by atoms with Crippen LogP contribution in [0.1, 0.15) is 29.0 Å². The minimum absolute atomic E-state index is 0.0449. The van der Waals surface area contributed by atoms with Gasteiger partial charge in [-0.15, -0.1) is 0 Å². The summed E-state index contributed by atoms with van der Waals surface area (Å²) in [4.78, 5) is 12.6. The molecule has 0 aromatic heterocycles. The molecule has 0 aliphatic heterocycles. The van der Waals surface area contributed by atoms with Crippen molar-refractivity contribution in [1.82, 2.24) is 5.32 Å². The molecule has 1 amide bonds. The lowest BCUT2D eigenvalue weighted by atomic mass is 9.88. The number of halogens is 3. The molecule has 6 heteroatoms. The number of carbonyl (C=O) groups excluding carboxylic acids is 1. The van der Waals surface area contributed by atoms with Crippen LogP contribution in [0.3, 0.4) is 0 Å². The number of benzene rings is 3. The molecule has 1 atom stereocenters. The van der Waals surface area contributed by atoms with Crippen molar-refractivity contribution in [2.24, 2.45) is 0 Å². The lowest BCUT2D eigenvalue weighted by Gasteiger charge is -2.31. The summed E-state index contributed by atoms with van der Waals surface area (Å²) in [6.07, 6.45) is -4.99. The van der Waals surface area contributed by atoms with Crippen molar-refractivity contribution >= 4 is 5.91 Å². The number of rotatable bonds is 7. The molecule has 0 saturated carbocycles. The molecule has 3 aromatic rings. The van der Waals surface area contributed by atoms with Gasteiger partial charge in [-0.2, -0.15) is 13.2 Å². The van der Waals surface area contributed by atoms with Gasteiger partial charge in [0.1, 0.15) is 0 Å². The monoisotopic (exact) mass is 413 g/mol. The molecule has 2 N–H and O–H groups in total. The van der Waals surface area contributed by atoms with Gasteiger partial charge in [0.25, 0.3) is 0 Å². The second-order valence-corrected chi connectivity index (χ2v) is 7.08. The predicted molar refractivity (Wildman–Crippen MR) is 109 cm³/mol. The first-order valence-corrected chi connectivity index (χ1v) is 9.52. The van der Waals surface area contributed by atoms with E-state index in [-0.39, 0.29) is 17.9 Å². The van der Waals surface area contributed by atoms with Gasteiger partial charge in [0.15, 0.2) is 0 Å². The Hall–Kier alpha value is -3.12. The van der Waals surface area contributed by atoms with E-state index in [0.29, 0.717) is 0 Å². The lowest BCUT2D eigenvalue weighted by molar-refractivity contribution is -0.264. The number of carbonyl (C=O) groups is 1. The summed E-state index contributed by atoms with van der Waals surface area (Å²) in [6.45, 7) is -0.963. The molecule has 0 spiro atoms. The average molecular weight is 413 g/mol. The maximum absolute atomic E-state index is 13.6. The zero-order chi connectivity index (χ0) is 21.6. The zero-order valence-corrected chi connectivity index (χ0v) is 16.1. The Morgan fingerprint density at radius 1 is 0.800 bits per heavy atom. The molecule has 156 valence electrons. The van der Waals surface area contributed by atoms with E-state index in [4.69, 9.17) is 0 Å². The van der Waals surface area contributed by atoms with Crippen molar-refractivity contribution in [1.29, 1.82) is 0 Å². The van der Waals surface area contributed by atoms with Crippen molar-refractivity contribution in [3.8, 4) is 0 Å². The molecule has 3 nitrogen and oxygen atoms in total. The van der Waals surface area contributed by atoms with Crippen LogP contribution in [0.15, 0.2) is 91.0 Å². The van der Waals surface area contributed by atoms with E-state index in [1.165, 1.54) is 24.3 Å². The second-order valence-electron chi connectivity index (χ2n) is 7.08. The van der Waals surface area contributed by atoms with E-state index >= 15 is 0 Å². The van der Waals surface area contributed by atoms with Gasteiger partial charge in [0, 0.05) is 12.3 Å². The third kappa shape index (κ3) is 4.89. The van der Waals surface area contributed by atoms with E-state index in [2.05, 4.69) is 5.32 Å². The van der Waals surface area contributed by atoms with E-state index in [9.17, 15) is 23.1 Å². The van der Waals surface area contributed by atoms with E-state index in [0.717, 1.165) is 11.1 Å². The van der Waals surface area contributed by atoms with Gasteiger partial charge >= 0.3 is 6.18 Å². The number of alkyl halides is 3. The van der Waals surface area contributed by atoms with Crippen LogP contribution in [0.5, 0.6) is 0 Å². The first-order chi connectivity index (χ1) is 14.3. The van der Waals surface area contributed by atoms with Crippen LogP contribution in [-0.2, 0) is 10.4 Å². The maximum Gasteiger partial charge on any atom is 0.423 e. The topological polar surface area (TPSA) is 49.3 Å². The molecule has 1 unspecified atom stereocenters. The molecule has 0 fully saturated rings. The zero-order valence-electron chi connectivity index (χ0n) is 16.1. The number of nitrogens with one attached hydrogen (secondary N) is 1. The van der Waals surface area contributed by atoms with Crippen LogP contribution in [0, 0.1) is 0 Å². The van der Waals surface area contributed by atoms with E-state index in [1.807, 2.05) is 60.7 Å². The summed E-state index contributed by atoms with van der Waals surface area (Å²) >= 11 is 0. The Labute approximate surface area is 173 Å². The Kier molecular flexibility index (Phi) is 6.57. The fourth-order valence-electron chi connectivity index (χ4n) is 3.36. The molecule has 3 aromatic carbocycles. The highest BCUT2D eigenvalue weighted by Gasteiger charge is 2.55. The average Bonchev–Trinajstić information content (AvgIpc) is 2.77. The van der Waals surface area contributed by atoms with Gasteiger partial charge in [-0.25, -0.2) is 0 Å². The minimum atomic E-state index is -4.94. The van der Waals surface area contributed by atoms with Gasteiger partial charge in [-0.3, -0.25) is 4.79 Å². The molecule has 0 heterocycles. The largest absolute Gasteiger partial charge is 0.423 e. The molecule has 0 saturated heterocycles. The standard InChI is InChI=1S/C24H22F3NO2/c25-24(26,27)23(30,20-14-8-3-9-15-20)17-28-22(29)16-21(18-10-4-1-5-11-18)19-12-6-2-7-13-19/h1-15,21,30H,16-17H2,(H,28,29). The van der Waals surface area contributed by atoms with Gasteiger partial charge in [-0.1, -0.05) is 91.0 Å². The van der Waals surface area contributed by atoms with Crippen molar-refractivity contribution in [3.05, 3.63) is 108 Å². The number of aliphatic hydroxyl groups is 1. The third-order valence-corrected chi connectivity index (χ3v) is 5.06. The van der Waals surface area contributed by atoms with Gasteiger partial charge in [0.05, 0.1) is 6.54 Å². The lowest BCUT2D eigenvalue weighted by Crippen LogP contribution is -2.51. The fourth-order valence-corrected chi connectivity index (χ4v) is 3.36. The maximum atomic E-state index is 13.6. The summed E-state index contributed by atoms with van der Waals surface area (Å²) in [6, 6.07) is 25.4. The van der Waals surface area contributed by atoms with Crippen LogP contribution in [0.4, 0.5) is 13.2 Å². The van der Waals surface area contributed by atoms with Crippen LogP contribution in [-0.4, -0.2) is 23.7 Å². The summed E-state index contributed by atoms with van der Waals surface area (Å²) in [5, 5.41) is 12.7. The Balaban J connectivity index is 1.78. The van der Waals surface area contributed by atoms with Gasteiger partial charge in [-0.05, 0) is 16.7 Å². The number of hydrogen-bond acceptors (Lipinski definition) is 2. The third-order valence-electron chi connectivity index (χ3n) is 5.06. The van der Waals surface area contributed by atoms with Crippen LogP contribution < -0.4 is 5.32 Å². The van der Waals surface area contributed by atoms with Gasteiger partial charge < -0.3 is 10.4 Å². The van der Waals surface area contributed by atoms with Crippen molar-refractivity contribution in [3.63, 3.8) is 0 Å². The first kappa shape index (κ1) is 21.6. The summed E-state index contributed by atoms with van der Waals surface area (Å²) in [7, 11) is 0. The van der Waals surface area contributed by atoms with Crippen molar-refractivity contribution in [2.45, 2.75) is 24.1 Å². The number of amides is 1. The van der Waals surface area contributed by atoms with E-state index < -0.39 is 24.2 Å². The quantitative estimate of drug-likeness (QED) is 0.586. The van der Waals surface area contributed by atoms with Gasteiger partial charge in [0.2, 0.25) is 11.5 Å². The van der Waals surface area contributed by atoms with E-state index in [1.54, 1.807) is 6.07 Å². The summed E-state index contributed by atoms with van der Waals surface area (Å²) in [5.74, 6) is -0.894. The van der Waals surface area contributed by atoms with Crippen LogP contribution in [0.25, 0.3) is 0 Å². The first-order valence-electron chi connectivity index (χ1n) is 9.52. The minimum Gasteiger partial charge on any atom is -0.375 e. The molecule has 0 aliphatic rings. The fraction of sp³-hybridized carbons (Fsp3) is 0.208. The second kappa shape index (κ2) is 9.13. The Bertz CT molecular complexity index is 907. The molecular formula is C24H22F3NO2. The summed E-state index contributed by atoms with van der Waals surface area (Å²) < 4.78 is 40.9. The SMILES string of the molecule is O=C(CC(c1ccccc1)c1ccccc1)NCC(O)(c1ccccc1)C(F)(F)F. The molecule has 3 rings (SSSR count). The van der Waals surface area contributed by atoms with Crippen molar-refractivity contribution < 1.29 is 23.1 Å². The highest BCUT2D eigenvalue weighted by atomic mass is 19.4. The molecule has 0 bridgehead atoms. The molecule has 0 radical (unpaired) electrons. The highest BCUT2D eigenvalue weighted by molar-refractivity contribution is 5.77. The van der Waals surface area contributed by atoms with Crippen LogP contribution in [0.2, 0.25) is 0 Å². The van der Waals surface area contributed by atoms with Crippen molar-refractivity contribution in [2.75, 3.05) is 6.54 Å². The summed E-state index contributed by atoms with van der Waals surface area (Å²) in [5.41, 5.74) is -1.72. The highest BCUT2D eigenvalue weighted by Crippen LogP contribution is 2.38. The molecular weight excluding hydrogens is 391 g/mol.